The molecular weight excluding hydrogens is 228 g/mol. The highest BCUT2D eigenvalue weighted by Crippen LogP contribution is 2.22. The van der Waals surface area contributed by atoms with Gasteiger partial charge in [-0.25, -0.2) is 13.8 Å². The molecule has 0 aliphatic carbocycles. The van der Waals surface area contributed by atoms with Crippen LogP contribution in [-0.2, 0) is 6.61 Å². The maximum absolute atomic E-state index is 12.0. The van der Waals surface area contributed by atoms with Crippen molar-refractivity contribution in [3.8, 4) is 5.88 Å². The third-order valence-corrected chi connectivity index (χ3v) is 2.31. The van der Waals surface area contributed by atoms with Crippen LogP contribution in [0.3, 0.4) is 0 Å². The van der Waals surface area contributed by atoms with Crippen molar-refractivity contribution in [2.75, 3.05) is 6.61 Å². The van der Waals surface area contributed by atoms with Crippen molar-refractivity contribution in [1.29, 1.82) is 0 Å². The van der Waals surface area contributed by atoms with Gasteiger partial charge >= 0.3 is 0 Å². The zero-order valence-corrected chi connectivity index (χ0v) is 8.94. The molecule has 0 saturated heterocycles. The zero-order valence-electron chi connectivity index (χ0n) is 8.94. The SMILES string of the molecule is OCc1cc(OCC(F)F)nc2ccccc12. The molecule has 90 valence electrons. The predicted octanol–water partition coefficient (Wildman–Crippen LogP) is 2.37. The fourth-order valence-electron chi connectivity index (χ4n) is 1.57. The number of ether oxygens (including phenoxy) is 1. The fraction of sp³-hybridized carbons (Fsp3) is 0.250. The lowest BCUT2D eigenvalue weighted by Gasteiger charge is -2.08. The molecule has 0 amide bonds. The van der Waals surface area contributed by atoms with Crippen LogP contribution in [0.25, 0.3) is 10.9 Å². The number of para-hydroxylation sites is 1. The average molecular weight is 239 g/mol. The van der Waals surface area contributed by atoms with E-state index in [0.29, 0.717) is 11.1 Å². The Bertz CT molecular complexity index is 517. The van der Waals surface area contributed by atoms with Gasteiger partial charge in [0.25, 0.3) is 6.43 Å². The van der Waals surface area contributed by atoms with Crippen LogP contribution in [0, 0.1) is 0 Å². The van der Waals surface area contributed by atoms with E-state index >= 15 is 0 Å². The first kappa shape index (κ1) is 11.7. The maximum Gasteiger partial charge on any atom is 0.272 e. The molecule has 0 atom stereocenters. The van der Waals surface area contributed by atoms with E-state index in [0.717, 1.165) is 5.39 Å². The molecule has 1 N–H and O–H groups in total. The van der Waals surface area contributed by atoms with Crippen molar-refractivity contribution < 1.29 is 18.6 Å². The van der Waals surface area contributed by atoms with Crippen LogP contribution in [0.15, 0.2) is 30.3 Å². The Morgan fingerprint density at radius 3 is 2.76 bits per heavy atom. The van der Waals surface area contributed by atoms with Gasteiger partial charge in [-0.05, 0) is 11.6 Å². The lowest BCUT2D eigenvalue weighted by Crippen LogP contribution is -2.08. The van der Waals surface area contributed by atoms with Crippen LogP contribution in [0.4, 0.5) is 8.78 Å². The van der Waals surface area contributed by atoms with Gasteiger partial charge < -0.3 is 9.84 Å². The standard InChI is InChI=1S/C12H11F2NO2/c13-11(14)7-17-12-5-8(6-16)9-3-1-2-4-10(9)15-12/h1-5,11,16H,6-7H2. The second-order valence-corrected chi connectivity index (χ2v) is 3.50. The number of aliphatic hydroxyl groups excluding tert-OH is 1. The molecule has 5 heteroatoms. The van der Waals surface area contributed by atoms with Crippen LogP contribution in [-0.4, -0.2) is 23.1 Å². The van der Waals surface area contributed by atoms with Gasteiger partial charge in [0, 0.05) is 11.5 Å². The summed E-state index contributed by atoms with van der Waals surface area (Å²) in [5.41, 5.74) is 1.23. The van der Waals surface area contributed by atoms with Crippen LogP contribution < -0.4 is 4.74 Å². The monoisotopic (exact) mass is 239 g/mol. The zero-order chi connectivity index (χ0) is 12.3. The minimum Gasteiger partial charge on any atom is -0.472 e. The summed E-state index contributed by atoms with van der Waals surface area (Å²) in [7, 11) is 0. The molecule has 0 fully saturated rings. The van der Waals surface area contributed by atoms with Crippen molar-refractivity contribution in [1.82, 2.24) is 4.98 Å². The van der Waals surface area contributed by atoms with Gasteiger partial charge in [0.15, 0.2) is 6.61 Å². The van der Waals surface area contributed by atoms with Crippen molar-refractivity contribution in [2.45, 2.75) is 13.0 Å². The highest BCUT2D eigenvalue weighted by Gasteiger charge is 2.08. The van der Waals surface area contributed by atoms with Gasteiger partial charge in [0.05, 0.1) is 12.1 Å². The largest absolute Gasteiger partial charge is 0.472 e. The van der Waals surface area contributed by atoms with Gasteiger partial charge in [-0.15, -0.1) is 0 Å². The second kappa shape index (κ2) is 5.05. The van der Waals surface area contributed by atoms with Gasteiger partial charge in [-0.3, -0.25) is 0 Å². The Hall–Kier alpha value is -1.75. The number of benzene rings is 1. The molecular formula is C12H11F2NO2. The molecule has 2 aromatic rings. The quantitative estimate of drug-likeness (QED) is 0.890. The fourth-order valence-corrected chi connectivity index (χ4v) is 1.57. The summed E-state index contributed by atoms with van der Waals surface area (Å²) >= 11 is 0. The molecule has 0 saturated carbocycles. The van der Waals surface area contributed by atoms with Crippen LogP contribution in [0.2, 0.25) is 0 Å². The Kier molecular flexibility index (Phi) is 3.49. The molecule has 0 spiro atoms. The Labute approximate surface area is 96.7 Å². The summed E-state index contributed by atoms with van der Waals surface area (Å²) in [5.74, 6) is 0.105. The number of pyridine rings is 1. The third kappa shape index (κ3) is 2.68. The molecule has 0 radical (unpaired) electrons. The van der Waals surface area contributed by atoms with E-state index in [4.69, 9.17) is 4.74 Å². The molecule has 0 unspecified atom stereocenters. The smallest absolute Gasteiger partial charge is 0.272 e. The molecule has 1 aromatic heterocycles. The van der Waals surface area contributed by atoms with E-state index in [9.17, 15) is 13.9 Å². The first-order valence-electron chi connectivity index (χ1n) is 5.11. The number of aromatic nitrogens is 1. The van der Waals surface area contributed by atoms with Crippen molar-refractivity contribution in [3.63, 3.8) is 0 Å². The van der Waals surface area contributed by atoms with Crippen molar-refractivity contribution in [2.24, 2.45) is 0 Å². The summed E-state index contributed by atoms with van der Waals surface area (Å²) in [4.78, 5) is 4.09. The summed E-state index contributed by atoms with van der Waals surface area (Å²) in [6.07, 6.45) is -2.54. The van der Waals surface area contributed by atoms with Crippen LogP contribution in [0.1, 0.15) is 5.56 Å². The van der Waals surface area contributed by atoms with E-state index in [-0.39, 0.29) is 12.5 Å². The normalized spacial score (nSPS) is 11.1. The lowest BCUT2D eigenvalue weighted by atomic mass is 10.1. The third-order valence-electron chi connectivity index (χ3n) is 2.31. The Morgan fingerprint density at radius 2 is 2.06 bits per heavy atom. The topological polar surface area (TPSA) is 42.4 Å². The van der Waals surface area contributed by atoms with E-state index in [1.54, 1.807) is 12.1 Å². The molecule has 0 aliphatic heterocycles. The number of fused-ring (bicyclic) bond motifs is 1. The van der Waals surface area contributed by atoms with E-state index < -0.39 is 13.0 Å². The number of halogens is 2. The summed E-state index contributed by atoms with van der Waals surface area (Å²) in [5, 5.41) is 10.00. The molecule has 0 aliphatic rings. The summed E-state index contributed by atoms with van der Waals surface area (Å²) in [6, 6.07) is 8.63. The van der Waals surface area contributed by atoms with Gasteiger partial charge in [0.1, 0.15) is 0 Å². The number of hydrogen-bond acceptors (Lipinski definition) is 3. The Morgan fingerprint density at radius 1 is 1.29 bits per heavy atom. The van der Waals surface area contributed by atoms with E-state index in [1.807, 2.05) is 12.1 Å². The number of nitrogens with zero attached hydrogens (tertiary/aromatic N) is 1. The highest BCUT2D eigenvalue weighted by molar-refractivity contribution is 5.82. The highest BCUT2D eigenvalue weighted by atomic mass is 19.3. The Balaban J connectivity index is 2.38. The van der Waals surface area contributed by atoms with Gasteiger partial charge in [-0.1, -0.05) is 18.2 Å². The van der Waals surface area contributed by atoms with Crippen LogP contribution >= 0.6 is 0 Å². The average Bonchev–Trinajstić information content (AvgIpc) is 2.35. The summed E-state index contributed by atoms with van der Waals surface area (Å²) in [6.45, 7) is -0.885. The number of aliphatic hydroxyl groups is 1. The minimum absolute atomic E-state index is 0.105. The van der Waals surface area contributed by atoms with Gasteiger partial charge in [0.2, 0.25) is 5.88 Å². The molecule has 17 heavy (non-hydrogen) atoms. The first-order valence-corrected chi connectivity index (χ1v) is 5.11. The van der Waals surface area contributed by atoms with E-state index in [2.05, 4.69) is 4.98 Å². The number of hydrogen-bond donors (Lipinski definition) is 1. The van der Waals surface area contributed by atoms with Crippen molar-refractivity contribution >= 4 is 10.9 Å². The lowest BCUT2D eigenvalue weighted by molar-refractivity contribution is 0.0797. The van der Waals surface area contributed by atoms with E-state index in [1.165, 1.54) is 6.07 Å². The molecule has 1 aromatic carbocycles. The molecule has 1 heterocycles. The molecule has 2 rings (SSSR count). The van der Waals surface area contributed by atoms with Gasteiger partial charge in [-0.2, -0.15) is 0 Å². The number of alkyl halides is 2. The predicted molar refractivity (Wildman–Crippen MR) is 59.2 cm³/mol. The minimum atomic E-state index is -2.54. The number of rotatable bonds is 4. The molecule has 0 bridgehead atoms. The van der Waals surface area contributed by atoms with Crippen LogP contribution in [0.5, 0.6) is 5.88 Å². The second-order valence-electron chi connectivity index (χ2n) is 3.50. The first-order chi connectivity index (χ1) is 8.20. The summed E-state index contributed by atoms with van der Waals surface area (Å²) < 4.78 is 28.9. The van der Waals surface area contributed by atoms with Crippen molar-refractivity contribution in [3.05, 3.63) is 35.9 Å². The molecule has 3 nitrogen and oxygen atoms in total. The maximum atomic E-state index is 12.0.